The number of furan rings is 1. The molecule has 0 saturated heterocycles. The Bertz CT molecular complexity index is 3140. The molecular formula is C45H28N4O. The van der Waals surface area contributed by atoms with E-state index in [2.05, 4.69) is 0 Å². The molecule has 0 radical (unpaired) electrons. The van der Waals surface area contributed by atoms with Gasteiger partial charge < -0.3 is 8.98 Å². The molecule has 5 heteroatoms. The number of hydrogen-bond donors (Lipinski definition) is 0. The maximum Gasteiger partial charge on any atom is 0.167 e. The summed E-state index contributed by atoms with van der Waals surface area (Å²) in [6.07, 6.45) is 0. The summed E-state index contributed by atoms with van der Waals surface area (Å²) in [5.41, 5.74) is 5.85. The minimum Gasteiger partial charge on any atom is -0.455 e. The average Bonchev–Trinajstić information content (AvgIpc) is 3.80. The van der Waals surface area contributed by atoms with Crippen molar-refractivity contribution >= 4 is 43.7 Å². The van der Waals surface area contributed by atoms with Crippen LogP contribution in [0, 0.1) is 0 Å². The lowest BCUT2D eigenvalue weighted by atomic mass is 9.97. The fourth-order valence-corrected chi connectivity index (χ4v) is 6.72. The Kier molecular flexibility index (Phi) is 5.17. The third-order valence-corrected chi connectivity index (χ3v) is 8.97. The highest BCUT2D eigenvalue weighted by atomic mass is 16.3. The summed E-state index contributed by atoms with van der Waals surface area (Å²) in [5.74, 6) is 1.48. The van der Waals surface area contributed by atoms with E-state index in [0.29, 0.717) is 73.5 Å². The molecule has 0 unspecified atom stereocenters. The quantitative estimate of drug-likeness (QED) is 0.187. The lowest BCUT2D eigenvalue weighted by molar-refractivity contribution is 0.669. The first-order chi connectivity index (χ1) is 27.3. The van der Waals surface area contributed by atoms with Gasteiger partial charge in [0.2, 0.25) is 0 Å². The first-order valence-electron chi connectivity index (χ1n) is 19.2. The maximum absolute atomic E-state index is 9.74. The molecule has 5 nitrogen and oxygen atoms in total. The largest absolute Gasteiger partial charge is 0.455 e. The highest BCUT2D eigenvalue weighted by Gasteiger charge is 2.20. The summed E-state index contributed by atoms with van der Waals surface area (Å²) < 4.78 is 61.9. The second-order valence-electron chi connectivity index (χ2n) is 11.9. The van der Waals surface area contributed by atoms with Crippen LogP contribution in [0.5, 0.6) is 0 Å². The number of benzene rings is 7. The van der Waals surface area contributed by atoms with Crippen molar-refractivity contribution in [3.63, 3.8) is 0 Å². The van der Waals surface area contributed by atoms with Gasteiger partial charge in [0.25, 0.3) is 0 Å². The van der Waals surface area contributed by atoms with Gasteiger partial charge in [-0.3, -0.25) is 0 Å². The van der Waals surface area contributed by atoms with E-state index in [1.807, 2.05) is 97.1 Å². The predicted molar refractivity (Wildman–Crippen MR) is 203 cm³/mol. The van der Waals surface area contributed by atoms with Crippen molar-refractivity contribution in [1.29, 1.82) is 0 Å². The summed E-state index contributed by atoms with van der Waals surface area (Å²) in [7, 11) is 0. The Morgan fingerprint density at radius 1 is 0.480 bits per heavy atom. The molecule has 10 aromatic rings. The molecule has 0 fully saturated rings. The number of rotatable bonds is 5. The van der Waals surface area contributed by atoms with Gasteiger partial charge in [-0.1, -0.05) is 127 Å². The summed E-state index contributed by atoms with van der Waals surface area (Å²) >= 11 is 0. The van der Waals surface area contributed by atoms with Gasteiger partial charge in [0.05, 0.1) is 24.8 Å². The summed E-state index contributed by atoms with van der Waals surface area (Å²) in [6, 6.07) is 40.8. The van der Waals surface area contributed by atoms with E-state index in [1.165, 1.54) is 6.07 Å². The molecule has 0 N–H and O–H groups in total. The van der Waals surface area contributed by atoms with Gasteiger partial charge in [0.15, 0.2) is 17.5 Å². The summed E-state index contributed by atoms with van der Waals surface area (Å²) in [4.78, 5) is 14.7. The molecule has 0 aliphatic rings. The highest BCUT2D eigenvalue weighted by Crippen LogP contribution is 2.42. The molecule has 50 heavy (non-hydrogen) atoms. The van der Waals surface area contributed by atoms with Crippen molar-refractivity contribution in [2.75, 3.05) is 0 Å². The zero-order valence-corrected chi connectivity index (χ0v) is 26.4. The molecule has 0 aliphatic carbocycles. The van der Waals surface area contributed by atoms with Gasteiger partial charge in [0, 0.05) is 38.4 Å². The Morgan fingerprint density at radius 2 is 1.16 bits per heavy atom. The Morgan fingerprint density at radius 3 is 1.92 bits per heavy atom. The third kappa shape index (κ3) is 4.52. The van der Waals surface area contributed by atoms with Crippen LogP contribution in [-0.2, 0) is 0 Å². The van der Waals surface area contributed by atoms with E-state index in [4.69, 9.17) is 24.9 Å². The molecule has 7 aromatic carbocycles. The first-order valence-corrected chi connectivity index (χ1v) is 16.2. The van der Waals surface area contributed by atoms with Crippen molar-refractivity contribution in [2.24, 2.45) is 0 Å². The van der Waals surface area contributed by atoms with E-state index in [0.717, 1.165) is 21.9 Å². The number of para-hydroxylation sites is 3. The number of fused-ring (bicyclic) bond motifs is 6. The van der Waals surface area contributed by atoms with Crippen LogP contribution in [0.2, 0.25) is 0 Å². The van der Waals surface area contributed by atoms with Crippen LogP contribution >= 0.6 is 0 Å². The zero-order valence-electron chi connectivity index (χ0n) is 32.4. The van der Waals surface area contributed by atoms with Gasteiger partial charge in [-0.25, -0.2) is 15.0 Å². The maximum atomic E-state index is 9.74. The Labute approximate surface area is 296 Å². The second kappa shape index (κ2) is 11.4. The molecule has 3 aromatic heterocycles. The lowest BCUT2D eigenvalue weighted by Crippen LogP contribution is -2.00. The Balaban J connectivity index is 1.23. The minimum absolute atomic E-state index is 0.00661. The van der Waals surface area contributed by atoms with E-state index < -0.39 is 0 Å². The van der Waals surface area contributed by atoms with Crippen LogP contribution in [0.3, 0.4) is 0 Å². The minimum atomic E-state index is -0.140. The smallest absolute Gasteiger partial charge is 0.167 e. The van der Waals surface area contributed by atoms with Gasteiger partial charge >= 0.3 is 0 Å². The molecule has 3 heterocycles. The summed E-state index contributed by atoms with van der Waals surface area (Å²) in [5, 5.41) is 2.07. The highest BCUT2D eigenvalue weighted by molar-refractivity contribution is 6.17. The van der Waals surface area contributed by atoms with Crippen LogP contribution in [-0.4, -0.2) is 19.5 Å². The molecule has 0 saturated carbocycles. The SMILES string of the molecule is [2H]c1ccc(-n2c3c([2H])cc([2H])c([2H])c3c3c([2H])c(-c4cccc5oc6c(-c7nc(-c8ccccc8)nc(-c8ccccc8)n7)cccc6c45)cc([2H])c32)cc1. The van der Waals surface area contributed by atoms with E-state index in [-0.39, 0.29) is 35.6 Å². The van der Waals surface area contributed by atoms with Gasteiger partial charge in [0.1, 0.15) is 11.2 Å². The molecule has 10 rings (SSSR count). The molecule has 0 aliphatic heterocycles. The predicted octanol–water partition coefficient (Wildman–Crippen LogP) is 11.5. The average molecular weight is 647 g/mol. The topological polar surface area (TPSA) is 56.7 Å². The van der Waals surface area contributed by atoms with Crippen molar-refractivity contribution in [2.45, 2.75) is 0 Å². The summed E-state index contributed by atoms with van der Waals surface area (Å²) in [6.45, 7) is 0. The van der Waals surface area contributed by atoms with Crippen LogP contribution in [0.1, 0.15) is 8.22 Å². The van der Waals surface area contributed by atoms with E-state index >= 15 is 0 Å². The third-order valence-electron chi connectivity index (χ3n) is 8.97. The van der Waals surface area contributed by atoms with Crippen molar-refractivity contribution in [3.8, 4) is 51.0 Å². The molecule has 234 valence electrons. The molecular weight excluding hydrogens is 613 g/mol. The first kappa shape index (κ1) is 22.7. The van der Waals surface area contributed by atoms with Crippen molar-refractivity contribution < 1.29 is 12.6 Å². The van der Waals surface area contributed by atoms with Gasteiger partial charge in [-0.15, -0.1) is 0 Å². The lowest BCUT2D eigenvalue weighted by Gasteiger charge is -2.09. The monoisotopic (exact) mass is 646 g/mol. The number of hydrogen-bond acceptors (Lipinski definition) is 4. The van der Waals surface area contributed by atoms with Crippen molar-refractivity contribution in [3.05, 3.63) is 170 Å². The number of nitrogens with zero attached hydrogens (tertiary/aromatic N) is 4. The number of aromatic nitrogens is 4. The second-order valence-corrected chi connectivity index (χ2v) is 11.9. The van der Waals surface area contributed by atoms with Crippen molar-refractivity contribution in [1.82, 2.24) is 19.5 Å². The normalized spacial score (nSPS) is 13.3. The molecule has 0 bridgehead atoms. The van der Waals surface area contributed by atoms with Gasteiger partial charge in [-0.2, -0.15) is 0 Å². The van der Waals surface area contributed by atoms with Crippen LogP contribution in [0.25, 0.3) is 94.7 Å². The van der Waals surface area contributed by atoms with Crippen LogP contribution in [0.4, 0.5) is 0 Å². The zero-order chi connectivity index (χ0) is 38.2. The Hall–Kier alpha value is -6.85. The molecule has 0 spiro atoms. The fourth-order valence-electron chi connectivity index (χ4n) is 6.72. The molecule has 0 atom stereocenters. The standard InChI is InChI=1S/C45H28N4O/c1-4-14-29(15-5-1)43-46-44(30-16-6-2-7-17-30)48-45(47-43)36-23-12-22-35-41-33(21-13-25-40(41)50-42(35)36)31-26-27-39-37(28-31)34-20-10-11-24-38(34)49(39)32-18-8-3-9-19-32/h1-28H/i3D,10D,20D,24D,27D,28D. The van der Waals surface area contributed by atoms with Gasteiger partial charge in [-0.05, 0) is 53.5 Å². The molecule has 0 amide bonds. The fraction of sp³-hybridized carbons (Fsp3) is 0. The van der Waals surface area contributed by atoms with Crippen LogP contribution < -0.4 is 0 Å². The van der Waals surface area contributed by atoms with E-state index in [1.54, 1.807) is 34.9 Å². The van der Waals surface area contributed by atoms with Crippen LogP contribution in [0.15, 0.2) is 174 Å². The van der Waals surface area contributed by atoms with E-state index in [9.17, 15) is 2.74 Å².